The predicted molar refractivity (Wildman–Crippen MR) is 55.9 cm³/mol. The Hall–Kier alpha value is -0.0800. The zero-order chi connectivity index (χ0) is 9.10. The predicted octanol–water partition coefficient (Wildman–Crippen LogP) is 1.47. The first kappa shape index (κ1) is 9.47. The highest BCUT2D eigenvalue weighted by molar-refractivity contribution is 4.83. The maximum Gasteiger partial charge on any atom is 0.0195 e. The molecule has 0 bridgehead atoms. The molecule has 1 saturated heterocycles. The number of nitrogens with zero attached hydrogens (tertiary/aromatic N) is 1. The summed E-state index contributed by atoms with van der Waals surface area (Å²) in [5, 5.41) is 3.57. The molecule has 1 unspecified atom stereocenters. The van der Waals surface area contributed by atoms with Crippen LogP contribution in [0.2, 0.25) is 0 Å². The molecule has 1 aliphatic heterocycles. The standard InChI is InChI=1S/C11H22N2/c1-2-12-11-4-3-7-13(9-11)8-10-5-6-10/h10-12H,2-9H2,1H3. The van der Waals surface area contributed by atoms with E-state index >= 15 is 0 Å². The molecule has 0 aromatic rings. The van der Waals surface area contributed by atoms with Gasteiger partial charge < -0.3 is 10.2 Å². The second-order valence-corrected chi connectivity index (χ2v) is 4.60. The van der Waals surface area contributed by atoms with E-state index in [-0.39, 0.29) is 0 Å². The highest BCUT2D eigenvalue weighted by atomic mass is 15.2. The van der Waals surface area contributed by atoms with Gasteiger partial charge in [-0.05, 0) is 44.7 Å². The van der Waals surface area contributed by atoms with Crippen LogP contribution in [0.5, 0.6) is 0 Å². The van der Waals surface area contributed by atoms with Gasteiger partial charge in [0.15, 0.2) is 0 Å². The molecule has 2 heteroatoms. The first-order chi connectivity index (χ1) is 6.38. The van der Waals surface area contributed by atoms with Crippen molar-refractivity contribution in [2.45, 2.75) is 38.6 Å². The van der Waals surface area contributed by atoms with Gasteiger partial charge in [0.05, 0.1) is 0 Å². The molecule has 1 aliphatic carbocycles. The molecule has 13 heavy (non-hydrogen) atoms. The second-order valence-electron chi connectivity index (χ2n) is 4.60. The molecule has 2 nitrogen and oxygen atoms in total. The van der Waals surface area contributed by atoms with Crippen LogP contribution < -0.4 is 5.32 Å². The van der Waals surface area contributed by atoms with Crippen molar-refractivity contribution in [1.29, 1.82) is 0 Å². The molecule has 2 rings (SSSR count). The first-order valence-electron chi connectivity index (χ1n) is 5.84. The molecule has 1 atom stereocenters. The largest absolute Gasteiger partial charge is 0.313 e. The zero-order valence-electron chi connectivity index (χ0n) is 8.76. The van der Waals surface area contributed by atoms with Crippen molar-refractivity contribution >= 4 is 0 Å². The SMILES string of the molecule is CCNC1CCCN(CC2CC2)C1. The summed E-state index contributed by atoms with van der Waals surface area (Å²) in [7, 11) is 0. The summed E-state index contributed by atoms with van der Waals surface area (Å²) in [5.41, 5.74) is 0. The van der Waals surface area contributed by atoms with Gasteiger partial charge >= 0.3 is 0 Å². The fourth-order valence-electron chi connectivity index (χ4n) is 2.34. The van der Waals surface area contributed by atoms with E-state index in [9.17, 15) is 0 Å². The lowest BCUT2D eigenvalue weighted by Gasteiger charge is -2.33. The number of hydrogen-bond donors (Lipinski definition) is 1. The van der Waals surface area contributed by atoms with E-state index in [1.54, 1.807) is 0 Å². The molecule has 76 valence electrons. The molecule has 1 heterocycles. The Kier molecular flexibility index (Phi) is 3.23. The van der Waals surface area contributed by atoms with Crippen molar-refractivity contribution in [2.24, 2.45) is 5.92 Å². The molecule has 0 aromatic carbocycles. The molecule has 1 N–H and O–H groups in total. The van der Waals surface area contributed by atoms with Crippen LogP contribution in [0, 0.1) is 5.92 Å². The summed E-state index contributed by atoms with van der Waals surface area (Å²) in [6.45, 7) is 7.35. The van der Waals surface area contributed by atoms with E-state index in [1.165, 1.54) is 45.3 Å². The third-order valence-corrected chi connectivity index (χ3v) is 3.21. The molecule has 2 fully saturated rings. The van der Waals surface area contributed by atoms with Crippen LogP contribution in [0.15, 0.2) is 0 Å². The van der Waals surface area contributed by atoms with Crippen molar-refractivity contribution < 1.29 is 0 Å². The van der Waals surface area contributed by atoms with Gasteiger partial charge in [0.1, 0.15) is 0 Å². The van der Waals surface area contributed by atoms with Crippen LogP contribution in [0.3, 0.4) is 0 Å². The van der Waals surface area contributed by atoms with Crippen molar-refractivity contribution in [1.82, 2.24) is 10.2 Å². The summed E-state index contributed by atoms with van der Waals surface area (Å²) >= 11 is 0. The fourth-order valence-corrected chi connectivity index (χ4v) is 2.34. The number of nitrogens with one attached hydrogen (secondary N) is 1. The van der Waals surface area contributed by atoms with E-state index in [1.807, 2.05) is 0 Å². The molecular weight excluding hydrogens is 160 g/mol. The molecule has 0 amide bonds. The third-order valence-electron chi connectivity index (χ3n) is 3.21. The number of hydrogen-bond acceptors (Lipinski definition) is 2. The van der Waals surface area contributed by atoms with E-state index in [0.29, 0.717) is 0 Å². The molecule has 0 spiro atoms. The maximum atomic E-state index is 3.57. The average Bonchev–Trinajstić information content (AvgIpc) is 2.90. The first-order valence-corrected chi connectivity index (χ1v) is 5.84. The van der Waals surface area contributed by atoms with Crippen molar-refractivity contribution in [3.8, 4) is 0 Å². The topological polar surface area (TPSA) is 15.3 Å². The molecule has 1 saturated carbocycles. The lowest BCUT2D eigenvalue weighted by atomic mass is 10.1. The summed E-state index contributed by atoms with van der Waals surface area (Å²) in [5.74, 6) is 1.06. The van der Waals surface area contributed by atoms with E-state index in [4.69, 9.17) is 0 Å². The Balaban J connectivity index is 1.70. The number of piperidine rings is 1. The minimum Gasteiger partial charge on any atom is -0.313 e. The van der Waals surface area contributed by atoms with Crippen molar-refractivity contribution in [2.75, 3.05) is 26.2 Å². The molecule has 0 radical (unpaired) electrons. The monoisotopic (exact) mass is 182 g/mol. The summed E-state index contributed by atoms with van der Waals surface area (Å²) < 4.78 is 0. The van der Waals surface area contributed by atoms with Crippen molar-refractivity contribution in [3.05, 3.63) is 0 Å². The quantitative estimate of drug-likeness (QED) is 0.708. The van der Waals surface area contributed by atoms with Crippen LogP contribution in [-0.2, 0) is 0 Å². The smallest absolute Gasteiger partial charge is 0.0195 e. The van der Waals surface area contributed by atoms with Crippen LogP contribution in [0.4, 0.5) is 0 Å². The zero-order valence-corrected chi connectivity index (χ0v) is 8.76. The van der Waals surface area contributed by atoms with Gasteiger partial charge in [0.2, 0.25) is 0 Å². The van der Waals surface area contributed by atoms with Gasteiger partial charge in [-0.1, -0.05) is 6.92 Å². The lowest BCUT2D eigenvalue weighted by molar-refractivity contribution is 0.185. The Morgan fingerprint density at radius 1 is 1.31 bits per heavy atom. The normalized spacial score (nSPS) is 30.7. The van der Waals surface area contributed by atoms with Gasteiger partial charge in [0, 0.05) is 19.1 Å². The van der Waals surface area contributed by atoms with E-state index in [2.05, 4.69) is 17.1 Å². The summed E-state index contributed by atoms with van der Waals surface area (Å²) in [6, 6.07) is 0.775. The summed E-state index contributed by atoms with van der Waals surface area (Å²) in [6.07, 6.45) is 5.75. The van der Waals surface area contributed by atoms with Gasteiger partial charge in [-0.25, -0.2) is 0 Å². The lowest BCUT2D eigenvalue weighted by Crippen LogP contribution is -2.46. The molecular formula is C11H22N2. The molecule has 2 aliphatic rings. The van der Waals surface area contributed by atoms with Gasteiger partial charge in [-0.15, -0.1) is 0 Å². The minimum absolute atomic E-state index is 0.775. The second kappa shape index (κ2) is 4.43. The highest BCUT2D eigenvalue weighted by Gasteiger charge is 2.27. The van der Waals surface area contributed by atoms with E-state index < -0.39 is 0 Å². The van der Waals surface area contributed by atoms with Crippen LogP contribution in [-0.4, -0.2) is 37.1 Å². The fraction of sp³-hybridized carbons (Fsp3) is 1.00. The Morgan fingerprint density at radius 2 is 2.15 bits per heavy atom. The van der Waals surface area contributed by atoms with Crippen LogP contribution >= 0.6 is 0 Å². The van der Waals surface area contributed by atoms with Gasteiger partial charge in [-0.2, -0.15) is 0 Å². The Bertz CT molecular complexity index is 152. The van der Waals surface area contributed by atoms with Gasteiger partial charge in [-0.3, -0.25) is 0 Å². The highest BCUT2D eigenvalue weighted by Crippen LogP contribution is 2.30. The number of likely N-dealkylation sites (N-methyl/N-ethyl adjacent to an activating group) is 1. The van der Waals surface area contributed by atoms with E-state index in [0.717, 1.165) is 18.5 Å². The number of likely N-dealkylation sites (tertiary alicyclic amines) is 1. The van der Waals surface area contributed by atoms with Crippen LogP contribution in [0.1, 0.15) is 32.6 Å². The third kappa shape index (κ3) is 2.96. The van der Waals surface area contributed by atoms with Crippen molar-refractivity contribution in [3.63, 3.8) is 0 Å². The molecule has 0 aromatic heterocycles. The number of rotatable bonds is 4. The minimum atomic E-state index is 0.775. The maximum absolute atomic E-state index is 3.57. The Labute approximate surface area is 81.7 Å². The summed E-state index contributed by atoms with van der Waals surface area (Å²) in [4.78, 5) is 2.66. The Morgan fingerprint density at radius 3 is 2.85 bits per heavy atom. The van der Waals surface area contributed by atoms with Crippen LogP contribution in [0.25, 0.3) is 0 Å². The average molecular weight is 182 g/mol. The van der Waals surface area contributed by atoms with Gasteiger partial charge in [0.25, 0.3) is 0 Å².